The zero-order valence-electron chi connectivity index (χ0n) is 14.5. The topological polar surface area (TPSA) is 90.5 Å². The Labute approximate surface area is 145 Å². The van der Waals surface area contributed by atoms with Gasteiger partial charge < -0.3 is 0 Å². The van der Waals surface area contributed by atoms with E-state index in [0.717, 1.165) is 29.7 Å². The molecule has 0 aliphatic carbocycles. The van der Waals surface area contributed by atoms with Gasteiger partial charge in [-0.15, -0.1) is 10.2 Å². The summed E-state index contributed by atoms with van der Waals surface area (Å²) >= 11 is 0. The number of aromatic nitrogens is 6. The minimum absolute atomic E-state index is 0.0746. The van der Waals surface area contributed by atoms with Crippen molar-refractivity contribution in [2.45, 2.75) is 45.7 Å². The number of hydrogen-bond donors (Lipinski definition) is 1. The molecule has 2 aromatic heterocycles. The van der Waals surface area contributed by atoms with Gasteiger partial charge in [-0.3, -0.25) is 10.1 Å². The highest BCUT2D eigenvalue weighted by molar-refractivity contribution is 5.90. The van der Waals surface area contributed by atoms with Crippen molar-refractivity contribution in [2.24, 2.45) is 5.92 Å². The number of benzene rings is 1. The molecule has 25 heavy (non-hydrogen) atoms. The summed E-state index contributed by atoms with van der Waals surface area (Å²) in [6, 6.07) is 8.18. The molecule has 3 heterocycles. The Bertz CT molecular complexity index is 926. The minimum Gasteiger partial charge on any atom is -0.293 e. The van der Waals surface area contributed by atoms with Crippen molar-refractivity contribution in [3.63, 3.8) is 0 Å². The molecule has 4 rings (SSSR count). The van der Waals surface area contributed by atoms with Gasteiger partial charge in [0.15, 0.2) is 0 Å². The van der Waals surface area contributed by atoms with E-state index < -0.39 is 0 Å². The van der Waals surface area contributed by atoms with E-state index in [2.05, 4.69) is 32.6 Å². The third-order valence-electron chi connectivity index (χ3n) is 4.76. The molecule has 8 heteroatoms. The van der Waals surface area contributed by atoms with Gasteiger partial charge in [-0.25, -0.2) is 9.36 Å². The summed E-state index contributed by atoms with van der Waals surface area (Å²) in [4.78, 5) is 16.4. The molecule has 1 N–H and O–H groups in total. The molecule has 130 valence electrons. The van der Waals surface area contributed by atoms with Crippen LogP contribution in [0.25, 0.3) is 11.0 Å². The second-order valence-electron chi connectivity index (χ2n) is 6.81. The first kappa shape index (κ1) is 15.7. The third-order valence-corrected chi connectivity index (χ3v) is 4.76. The van der Waals surface area contributed by atoms with Gasteiger partial charge in [0, 0.05) is 12.3 Å². The monoisotopic (exact) mass is 339 g/mol. The van der Waals surface area contributed by atoms with E-state index in [9.17, 15) is 4.79 Å². The van der Waals surface area contributed by atoms with Gasteiger partial charge in [-0.05, 0) is 25.5 Å². The summed E-state index contributed by atoms with van der Waals surface area (Å²) in [6.45, 7) is 5.80. The first-order chi connectivity index (χ1) is 12.0. The number of fused-ring (bicyclic) bond motifs is 2. The van der Waals surface area contributed by atoms with E-state index in [0.29, 0.717) is 5.95 Å². The lowest BCUT2D eigenvalue weighted by Gasteiger charge is -2.29. The lowest BCUT2D eigenvalue weighted by molar-refractivity contribution is -0.118. The predicted molar refractivity (Wildman–Crippen MR) is 93.1 cm³/mol. The van der Waals surface area contributed by atoms with Crippen LogP contribution in [-0.2, 0) is 11.2 Å². The maximum atomic E-state index is 11.9. The van der Waals surface area contributed by atoms with Gasteiger partial charge in [0.05, 0.1) is 17.6 Å². The molecule has 0 radical (unpaired) electrons. The molecule has 1 aliphatic heterocycles. The zero-order chi connectivity index (χ0) is 17.6. The van der Waals surface area contributed by atoms with E-state index in [-0.39, 0.29) is 23.9 Å². The summed E-state index contributed by atoms with van der Waals surface area (Å²) < 4.78 is 3.89. The van der Waals surface area contributed by atoms with Crippen LogP contribution in [0.2, 0.25) is 0 Å². The van der Waals surface area contributed by atoms with Gasteiger partial charge in [-0.2, -0.15) is 4.98 Å². The summed E-state index contributed by atoms with van der Waals surface area (Å²) in [5, 5.41) is 15.9. The Morgan fingerprint density at radius 1 is 1.28 bits per heavy atom. The van der Waals surface area contributed by atoms with Crippen molar-refractivity contribution < 1.29 is 4.79 Å². The summed E-state index contributed by atoms with van der Waals surface area (Å²) in [7, 11) is 0. The quantitative estimate of drug-likeness (QED) is 0.791. The van der Waals surface area contributed by atoms with Crippen molar-refractivity contribution in [2.75, 3.05) is 5.32 Å². The summed E-state index contributed by atoms with van der Waals surface area (Å²) in [5.41, 5.74) is 1.92. The van der Waals surface area contributed by atoms with Gasteiger partial charge in [0.1, 0.15) is 11.3 Å². The fraction of sp³-hybridized carbons (Fsp3) is 0.471. The van der Waals surface area contributed by atoms with Crippen LogP contribution >= 0.6 is 0 Å². The highest BCUT2D eigenvalue weighted by Gasteiger charge is 2.31. The first-order valence-corrected chi connectivity index (χ1v) is 8.61. The van der Waals surface area contributed by atoms with Crippen molar-refractivity contribution in [3.05, 3.63) is 30.1 Å². The molecule has 2 atom stereocenters. The molecule has 0 saturated carbocycles. The molecule has 3 aromatic rings. The number of nitrogens with zero attached hydrogens (tertiary/aromatic N) is 6. The zero-order valence-corrected chi connectivity index (χ0v) is 14.5. The molecule has 8 nitrogen and oxygen atoms in total. The van der Waals surface area contributed by atoms with E-state index in [1.165, 1.54) is 0 Å². The average molecular weight is 339 g/mol. The van der Waals surface area contributed by atoms with Crippen molar-refractivity contribution in [3.8, 4) is 0 Å². The highest BCUT2D eigenvalue weighted by atomic mass is 16.2. The van der Waals surface area contributed by atoms with Crippen LogP contribution in [0, 0.1) is 5.92 Å². The Kier molecular flexibility index (Phi) is 3.74. The molecule has 1 aromatic carbocycles. The van der Waals surface area contributed by atoms with Crippen LogP contribution in [0.3, 0.4) is 0 Å². The smallest absolute Gasteiger partial charge is 0.249 e. The maximum absolute atomic E-state index is 11.9. The van der Waals surface area contributed by atoms with Crippen LogP contribution in [0.15, 0.2) is 24.3 Å². The summed E-state index contributed by atoms with van der Waals surface area (Å²) in [5.74, 6) is 1.10. The number of aryl methyl sites for hydroxylation is 1. The first-order valence-electron chi connectivity index (χ1n) is 8.61. The van der Waals surface area contributed by atoms with E-state index in [1.807, 2.05) is 47.5 Å². The number of hydrogen-bond acceptors (Lipinski definition) is 5. The Hall–Kier alpha value is -2.77. The summed E-state index contributed by atoms with van der Waals surface area (Å²) in [6.07, 6.45) is 1.69. The number of para-hydroxylation sites is 1. The van der Waals surface area contributed by atoms with Gasteiger partial charge in [0.2, 0.25) is 11.9 Å². The number of amides is 1. The Balaban J connectivity index is 1.64. The standard InChI is InChI=1S/C17H21N7O/c1-10(2)16(25)19-17-18-15-9-8-13(11(3)23(15)21-17)24-14-7-5-4-6-12(14)20-22-24/h4-7,10-11,13H,8-9H2,1-3H3,(H,19,21,25). The Morgan fingerprint density at radius 2 is 2.08 bits per heavy atom. The van der Waals surface area contributed by atoms with E-state index in [4.69, 9.17) is 0 Å². The van der Waals surface area contributed by atoms with Crippen LogP contribution in [0.4, 0.5) is 5.95 Å². The Morgan fingerprint density at radius 3 is 2.88 bits per heavy atom. The fourth-order valence-corrected chi connectivity index (χ4v) is 3.30. The van der Waals surface area contributed by atoms with Crippen LogP contribution < -0.4 is 5.32 Å². The molecule has 0 saturated heterocycles. The highest BCUT2D eigenvalue weighted by Crippen LogP contribution is 2.34. The minimum atomic E-state index is -0.104. The lowest BCUT2D eigenvalue weighted by atomic mass is 10.00. The number of carbonyl (C=O) groups is 1. The van der Waals surface area contributed by atoms with Gasteiger partial charge in [0.25, 0.3) is 0 Å². The maximum Gasteiger partial charge on any atom is 0.249 e. The number of rotatable bonds is 3. The molecule has 0 spiro atoms. The largest absolute Gasteiger partial charge is 0.293 e. The number of nitrogens with one attached hydrogen (secondary N) is 1. The second kappa shape index (κ2) is 5.94. The molecule has 1 aliphatic rings. The molecular weight excluding hydrogens is 318 g/mol. The number of anilines is 1. The predicted octanol–water partition coefficient (Wildman–Crippen LogP) is 2.37. The van der Waals surface area contributed by atoms with E-state index >= 15 is 0 Å². The second-order valence-corrected chi connectivity index (χ2v) is 6.81. The fourth-order valence-electron chi connectivity index (χ4n) is 3.30. The van der Waals surface area contributed by atoms with Crippen molar-refractivity contribution in [1.29, 1.82) is 0 Å². The lowest BCUT2D eigenvalue weighted by Crippen LogP contribution is -2.29. The number of carbonyl (C=O) groups excluding carboxylic acids is 1. The van der Waals surface area contributed by atoms with Crippen molar-refractivity contribution >= 4 is 22.9 Å². The van der Waals surface area contributed by atoms with Gasteiger partial charge >= 0.3 is 0 Å². The molecule has 0 fully saturated rings. The van der Waals surface area contributed by atoms with Crippen molar-refractivity contribution in [1.82, 2.24) is 29.8 Å². The molecular formula is C17H21N7O. The third kappa shape index (κ3) is 2.67. The molecule has 0 bridgehead atoms. The van der Waals surface area contributed by atoms with E-state index in [1.54, 1.807) is 0 Å². The average Bonchev–Trinajstić information content (AvgIpc) is 3.19. The van der Waals surface area contributed by atoms with Crippen LogP contribution in [-0.4, -0.2) is 35.7 Å². The van der Waals surface area contributed by atoms with Crippen LogP contribution in [0.1, 0.15) is 45.1 Å². The molecule has 2 unspecified atom stereocenters. The normalized spacial score (nSPS) is 20.0. The van der Waals surface area contributed by atoms with Gasteiger partial charge in [-0.1, -0.05) is 31.2 Å². The molecule has 1 amide bonds. The van der Waals surface area contributed by atoms with Crippen LogP contribution in [0.5, 0.6) is 0 Å². The SMILES string of the molecule is CC(C)C(=O)Nc1nc2n(n1)C(C)C(n1nnc3ccccc31)CC2.